The van der Waals surface area contributed by atoms with Gasteiger partial charge >= 0.3 is 0 Å². The van der Waals surface area contributed by atoms with Crippen molar-refractivity contribution in [3.8, 4) is 16.8 Å². The maximum Gasteiger partial charge on any atom is 0.0541 e. The van der Waals surface area contributed by atoms with Crippen molar-refractivity contribution in [2.75, 3.05) is 4.90 Å². The lowest BCUT2D eigenvalue weighted by atomic mass is 10.0. The maximum atomic E-state index is 2.38. The highest BCUT2D eigenvalue weighted by Gasteiger charge is 2.17. The molecular weight excluding hydrogens is 565 g/mol. The number of rotatable bonds is 5. The first-order chi connectivity index (χ1) is 22.3. The van der Waals surface area contributed by atoms with E-state index in [1.165, 1.54) is 53.1 Å². The van der Waals surface area contributed by atoms with Crippen molar-refractivity contribution >= 4 is 70.4 Å². The van der Waals surface area contributed by atoms with Crippen molar-refractivity contribution in [1.29, 1.82) is 0 Å². The largest absolute Gasteiger partial charge is 0.310 e. The molecule has 212 valence electrons. The Labute approximate surface area is 265 Å². The van der Waals surface area contributed by atoms with Crippen LogP contribution in [0.4, 0.5) is 17.1 Å². The van der Waals surface area contributed by atoms with Crippen LogP contribution in [0.3, 0.4) is 0 Å². The molecule has 45 heavy (non-hydrogen) atoms. The molecule has 0 atom stereocenters. The van der Waals surface area contributed by atoms with Crippen LogP contribution in [0.15, 0.2) is 170 Å². The molecule has 9 rings (SSSR count). The van der Waals surface area contributed by atoms with Crippen LogP contribution < -0.4 is 4.90 Å². The smallest absolute Gasteiger partial charge is 0.0541 e. The Balaban J connectivity index is 1.17. The average Bonchev–Trinajstić information content (AvgIpc) is 3.66. The zero-order valence-corrected chi connectivity index (χ0v) is 25.3. The molecule has 2 nitrogen and oxygen atoms in total. The number of hydrogen-bond donors (Lipinski definition) is 0. The highest BCUT2D eigenvalue weighted by molar-refractivity contribution is 7.26. The van der Waals surface area contributed by atoms with Crippen LogP contribution in [0.1, 0.15) is 0 Å². The Morgan fingerprint density at radius 3 is 1.76 bits per heavy atom. The third-order valence-corrected chi connectivity index (χ3v) is 10.0. The lowest BCUT2D eigenvalue weighted by Gasteiger charge is -2.26. The summed E-state index contributed by atoms with van der Waals surface area (Å²) in [6.45, 7) is 0. The van der Waals surface area contributed by atoms with Gasteiger partial charge in [-0.1, -0.05) is 109 Å². The molecule has 0 unspecified atom stereocenters. The van der Waals surface area contributed by atoms with Gasteiger partial charge in [0.1, 0.15) is 0 Å². The molecule has 0 saturated heterocycles. The van der Waals surface area contributed by atoms with E-state index in [-0.39, 0.29) is 0 Å². The Kier molecular flexibility index (Phi) is 6.03. The quantitative estimate of drug-likeness (QED) is 0.193. The van der Waals surface area contributed by atoms with E-state index in [1.54, 1.807) is 0 Å². The fourth-order valence-corrected chi connectivity index (χ4v) is 8.00. The molecule has 0 fully saturated rings. The number of nitrogens with zero attached hydrogens (tertiary/aromatic N) is 2. The highest BCUT2D eigenvalue weighted by Crippen LogP contribution is 2.42. The van der Waals surface area contributed by atoms with Gasteiger partial charge in [0, 0.05) is 53.7 Å². The first kappa shape index (κ1) is 25.8. The van der Waals surface area contributed by atoms with E-state index in [9.17, 15) is 0 Å². The normalized spacial score (nSPS) is 11.6. The first-order valence-electron chi connectivity index (χ1n) is 15.3. The van der Waals surface area contributed by atoms with Crippen LogP contribution in [0, 0.1) is 0 Å². The van der Waals surface area contributed by atoms with E-state index >= 15 is 0 Å². The highest BCUT2D eigenvalue weighted by atomic mass is 32.1. The average molecular weight is 593 g/mol. The third kappa shape index (κ3) is 4.24. The number of hydrogen-bond acceptors (Lipinski definition) is 2. The lowest BCUT2D eigenvalue weighted by molar-refractivity contribution is 1.17. The number of fused-ring (bicyclic) bond motifs is 6. The van der Waals surface area contributed by atoms with Crippen LogP contribution in [0.5, 0.6) is 0 Å². The number of para-hydroxylation sites is 3. The van der Waals surface area contributed by atoms with E-state index in [4.69, 9.17) is 0 Å². The second-order valence-corrected chi connectivity index (χ2v) is 12.4. The van der Waals surface area contributed by atoms with Crippen LogP contribution in [-0.4, -0.2) is 4.57 Å². The molecule has 0 aliphatic rings. The molecule has 0 aliphatic carbocycles. The predicted octanol–water partition coefficient (Wildman–Crippen LogP) is 12.3. The molecule has 0 bridgehead atoms. The maximum absolute atomic E-state index is 2.38. The Morgan fingerprint density at radius 2 is 1.00 bits per heavy atom. The molecular formula is C42H28N2S. The minimum atomic E-state index is 1.11. The second kappa shape index (κ2) is 10.5. The molecule has 2 aromatic heterocycles. The van der Waals surface area contributed by atoms with Crippen LogP contribution in [-0.2, 0) is 0 Å². The Morgan fingerprint density at radius 1 is 0.422 bits per heavy atom. The Hall–Kier alpha value is -5.64. The molecule has 0 saturated carbocycles. The number of benzene rings is 7. The van der Waals surface area contributed by atoms with Gasteiger partial charge in [0.15, 0.2) is 0 Å². The van der Waals surface area contributed by atoms with E-state index in [2.05, 4.69) is 179 Å². The zero-order chi connectivity index (χ0) is 29.7. The first-order valence-corrected chi connectivity index (χ1v) is 16.1. The molecule has 9 aromatic rings. The zero-order valence-electron chi connectivity index (χ0n) is 24.5. The SMILES string of the molecule is c1ccc(N(c2ccc(-c3cccc4c3sc3ccccc34)cc2)c2cccc(-n3c4ccccc4c4ccccc43)c2)cc1. The molecule has 0 radical (unpaired) electrons. The summed E-state index contributed by atoms with van der Waals surface area (Å²) in [6, 6.07) is 61.3. The second-order valence-electron chi connectivity index (χ2n) is 11.4. The third-order valence-electron chi connectivity index (χ3n) is 8.78. The van der Waals surface area contributed by atoms with Crippen LogP contribution in [0.2, 0.25) is 0 Å². The summed E-state index contributed by atoms with van der Waals surface area (Å²) in [5.74, 6) is 0. The van der Waals surface area contributed by atoms with Gasteiger partial charge in [-0.3, -0.25) is 0 Å². The van der Waals surface area contributed by atoms with Gasteiger partial charge in [-0.25, -0.2) is 0 Å². The predicted molar refractivity (Wildman–Crippen MR) is 194 cm³/mol. The van der Waals surface area contributed by atoms with Crippen LogP contribution >= 0.6 is 11.3 Å². The van der Waals surface area contributed by atoms with Gasteiger partial charge in [0.25, 0.3) is 0 Å². The topological polar surface area (TPSA) is 8.17 Å². The van der Waals surface area contributed by atoms with Crippen molar-refractivity contribution in [3.63, 3.8) is 0 Å². The number of anilines is 3. The van der Waals surface area contributed by atoms with E-state index < -0.39 is 0 Å². The monoisotopic (exact) mass is 592 g/mol. The molecule has 0 spiro atoms. The van der Waals surface area contributed by atoms with Gasteiger partial charge < -0.3 is 9.47 Å². The molecule has 7 aromatic carbocycles. The number of thiophene rings is 1. The molecule has 2 heterocycles. The van der Waals surface area contributed by atoms with E-state index in [0.29, 0.717) is 0 Å². The summed E-state index contributed by atoms with van der Waals surface area (Å²) in [7, 11) is 0. The molecule has 0 N–H and O–H groups in total. The minimum Gasteiger partial charge on any atom is -0.310 e. The standard InChI is InChI=1S/C42H28N2S/c1-2-12-30(13-3-1)43(31-26-24-29(25-27-31)34-19-11-20-38-37-18-6-9-23-41(37)45-42(34)38)32-14-10-15-33(28-32)44-39-21-7-4-16-35(39)36-17-5-8-22-40(36)44/h1-28H. The molecule has 0 aliphatic heterocycles. The summed E-state index contributed by atoms with van der Waals surface area (Å²) in [5.41, 5.74) is 9.41. The van der Waals surface area contributed by atoms with Gasteiger partial charge in [0.05, 0.1) is 11.0 Å². The molecule has 0 amide bonds. The van der Waals surface area contributed by atoms with Crippen molar-refractivity contribution in [2.24, 2.45) is 0 Å². The van der Waals surface area contributed by atoms with Gasteiger partial charge in [-0.05, 0) is 71.8 Å². The van der Waals surface area contributed by atoms with Gasteiger partial charge in [-0.2, -0.15) is 0 Å². The van der Waals surface area contributed by atoms with Crippen molar-refractivity contribution in [3.05, 3.63) is 170 Å². The number of aromatic nitrogens is 1. The summed E-state index contributed by atoms with van der Waals surface area (Å²) in [6.07, 6.45) is 0. The van der Waals surface area contributed by atoms with Crippen molar-refractivity contribution in [2.45, 2.75) is 0 Å². The minimum absolute atomic E-state index is 1.11. The fourth-order valence-electron chi connectivity index (χ4n) is 6.76. The summed E-state index contributed by atoms with van der Waals surface area (Å²) in [5, 5.41) is 5.18. The van der Waals surface area contributed by atoms with Crippen molar-refractivity contribution < 1.29 is 0 Å². The Bertz CT molecular complexity index is 2430. The molecule has 3 heteroatoms. The fraction of sp³-hybridized carbons (Fsp3) is 0. The van der Waals surface area contributed by atoms with E-state index in [1.807, 2.05) is 11.3 Å². The van der Waals surface area contributed by atoms with Crippen molar-refractivity contribution in [1.82, 2.24) is 4.57 Å². The van der Waals surface area contributed by atoms with Crippen LogP contribution in [0.25, 0.3) is 58.8 Å². The van der Waals surface area contributed by atoms with Gasteiger partial charge in [-0.15, -0.1) is 11.3 Å². The lowest BCUT2D eigenvalue weighted by Crippen LogP contribution is -2.10. The summed E-state index contributed by atoms with van der Waals surface area (Å²) >= 11 is 1.88. The summed E-state index contributed by atoms with van der Waals surface area (Å²) < 4.78 is 5.05. The summed E-state index contributed by atoms with van der Waals surface area (Å²) in [4.78, 5) is 2.35. The van der Waals surface area contributed by atoms with E-state index in [0.717, 1.165) is 22.7 Å². The van der Waals surface area contributed by atoms with Gasteiger partial charge in [0.2, 0.25) is 0 Å².